The molecule has 0 aromatic carbocycles. The fourth-order valence-corrected chi connectivity index (χ4v) is 2.34. The van der Waals surface area contributed by atoms with Crippen molar-refractivity contribution in [2.75, 3.05) is 0 Å². The molecule has 3 aromatic rings. The van der Waals surface area contributed by atoms with Crippen molar-refractivity contribution >= 4 is 5.78 Å². The average Bonchev–Trinajstić information content (AvgIpc) is 3.08. The van der Waals surface area contributed by atoms with Crippen molar-refractivity contribution in [2.45, 2.75) is 13.8 Å². The van der Waals surface area contributed by atoms with Gasteiger partial charge in [-0.15, -0.1) is 0 Å². The van der Waals surface area contributed by atoms with Crippen molar-refractivity contribution in [1.29, 1.82) is 0 Å². The van der Waals surface area contributed by atoms with Crippen LogP contribution >= 0.6 is 0 Å². The van der Waals surface area contributed by atoms with Crippen LogP contribution in [0.4, 0.5) is 0 Å². The number of carbonyl (C=O) groups is 1. The van der Waals surface area contributed by atoms with Gasteiger partial charge in [-0.3, -0.25) is 4.79 Å². The second kappa shape index (κ2) is 4.31. The highest BCUT2D eigenvalue weighted by Gasteiger charge is 2.23. The van der Waals surface area contributed by atoms with E-state index in [1.54, 1.807) is 25.5 Å². The summed E-state index contributed by atoms with van der Waals surface area (Å²) in [4.78, 5) is 15.1. The molecule has 0 saturated heterocycles. The van der Waals surface area contributed by atoms with E-state index in [2.05, 4.69) is 4.98 Å². The summed E-state index contributed by atoms with van der Waals surface area (Å²) < 4.78 is 10.9. The fourth-order valence-electron chi connectivity index (χ4n) is 2.34. The predicted molar refractivity (Wildman–Crippen MR) is 70.9 cm³/mol. The van der Waals surface area contributed by atoms with Gasteiger partial charge in [-0.2, -0.15) is 0 Å². The molecule has 0 aliphatic rings. The Morgan fingerprint density at radius 3 is 2.26 bits per heavy atom. The van der Waals surface area contributed by atoms with Gasteiger partial charge in [0.05, 0.1) is 23.8 Å². The van der Waals surface area contributed by atoms with E-state index in [-0.39, 0.29) is 5.78 Å². The van der Waals surface area contributed by atoms with E-state index < -0.39 is 0 Å². The molecule has 4 nitrogen and oxygen atoms in total. The highest BCUT2D eigenvalue weighted by atomic mass is 16.3. The zero-order valence-electron chi connectivity index (χ0n) is 10.7. The molecule has 4 heteroatoms. The van der Waals surface area contributed by atoms with Crippen molar-refractivity contribution in [2.24, 2.45) is 0 Å². The number of ketones is 1. The molecule has 0 atom stereocenters. The molecule has 0 radical (unpaired) electrons. The minimum absolute atomic E-state index is 0.00189. The van der Waals surface area contributed by atoms with E-state index >= 15 is 0 Å². The third kappa shape index (κ3) is 1.81. The SMILES string of the molecule is CC(=O)c1c(C)[nH]c(-c2ccco2)c1-c1ccco1. The number of rotatable bonds is 3. The Labute approximate surface area is 110 Å². The molecule has 0 fully saturated rings. The first kappa shape index (κ1) is 11.6. The Hall–Kier alpha value is -2.49. The number of aryl methyl sites for hydroxylation is 1. The van der Waals surface area contributed by atoms with Crippen LogP contribution in [0.3, 0.4) is 0 Å². The molecule has 0 bridgehead atoms. The van der Waals surface area contributed by atoms with Gasteiger partial charge in [0.25, 0.3) is 0 Å². The molecule has 0 spiro atoms. The molecule has 0 amide bonds. The molecule has 3 heterocycles. The monoisotopic (exact) mass is 255 g/mol. The summed E-state index contributed by atoms with van der Waals surface area (Å²) in [7, 11) is 0. The maximum absolute atomic E-state index is 11.9. The number of nitrogens with one attached hydrogen (secondary N) is 1. The van der Waals surface area contributed by atoms with Crippen LogP contribution in [0.1, 0.15) is 23.0 Å². The fraction of sp³-hybridized carbons (Fsp3) is 0.133. The average molecular weight is 255 g/mol. The van der Waals surface area contributed by atoms with Crippen molar-refractivity contribution in [3.8, 4) is 22.8 Å². The van der Waals surface area contributed by atoms with Crippen LogP contribution in [0.25, 0.3) is 22.8 Å². The first-order valence-corrected chi connectivity index (χ1v) is 5.99. The molecular formula is C15H13NO3. The zero-order chi connectivity index (χ0) is 13.4. The summed E-state index contributed by atoms with van der Waals surface area (Å²) in [5.74, 6) is 1.33. The highest BCUT2D eigenvalue weighted by molar-refractivity contribution is 6.04. The molecule has 0 aliphatic heterocycles. The summed E-state index contributed by atoms with van der Waals surface area (Å²) >= 11 is 0. The maximum atomic E-state index is 11.9. The predicted octanol–water partition coefficient (Wildman–Crippen LogP) is 4.05. The van der Waals surface area contributed by atoms with Gasteiger partial charge >= 0.3 is 0 Å². The zero-order valence-corrected chi connectivity index (χ0v) is 10.7. The van der Waals surface area contributed by atoms with Crippen LogP contribution in [0.15, 0.2) is 45.6 Å². The van der Waals surface area contributed by atoms with Crippen molar-refractivity contribution in [3.05, 3.63) is 48.0 Å². The quantitative estimate of drug-likeness (QED) is 0.718. The number of H-pyrrole nitrogens is 1. The van der Waals surface area contributed by atoms with E-state index in [4.69, 9.17) is 8.83 Å². The van der Waals surface area contributed by atoms with Gasteiger partial charge in [0, 0.05) is 11.3 Å². The highest BCUT2D eigenvalue weighted by Crippen LogP contribution is 2.37. The lowest BCUT2D eigenvalue weighted by atomic mass is 10.0. The molecule has 0 unspecified atom stereocenters. The lowest BCUT2D eigenvalue weighted by molar-refractivity contribution is 0.101. The van der Waals surface area contributed by atoms with Crippen LogP contribution in [-0.2, 0) is 0 Å². The number of hydrogen-bond donors (Lipinski definition) is 1. The number of hydrogen-bond acceptors (Lipinski definition) is 3. The Morgan fingerprint density at radius 1 is 1.11 bits per heavy atom. The van der Waals surface area contributed by atoms with Crippen LogP contribution in [0.2, 0.25) is 0 Å². The Bertz CT molecular complexity index is 703. The van der Waals surface area contributed by atoms with Crippen LogP contribution < -0.4 is 0 Å². The smallest absolute Gasteiger partial charge is 0.162 e. The van der Waals surface area contributed by atoms with Crippen molar-refractivity contribution < 1.29 is 13.6 Å². The van der Waals surface area contributed by atoms with Crippen LogP contribution in [0.5, 0.6) is 0 Å². The van der Waals surface area contributed by atoms with Crippen LogP contribution in [-0.4, -0.2) is 10.8 Å². The lowest BCUT2D eigenvalue weighted by Gasteiger charge is -2.01. The summed E-state index contributed by atoms with van der Waals surface area (Å²) in [5, 5.41) is 0. The second-order valence-electron chi connectivity index (χ2n) is 4.39. The standard InChI is InChI=1S/C15H13NO3/c1-9-13(10(2)17)14(11-5-3-7-18-11)15(16-9)12-6-4-8-19-12/h3-8,16H,1-2H3. The van der Waals surface area contributed by atoms with Gasteiger partial charge in [-0.05, 0) is 38.1 Å². The number of carbonyl (C=O) groups excluding carboxylic acids is 1. The van der Waals surface area contributed by atoms with Gasteiger partial charge in [0.15, 0.2) is 11.5 Å². The topological polar surface area (TPSA) is 59.1 Å². The second-order valence-corrected chi connectivity index (χ2v) is 4.39. The molecule has 19 heavy (non-hydrogen) atoms. The minimum Gasteiger partial charge on any atom is -0.464 e. The lowest BCUT2D eigenvalue weighted by Crippen LogP contribution is -1.95. The van der Waals surface area contributed by atoms with E-state index in [0.717, 1.165) is 17.0 Å². The van der Waals surface area contributed by atoms with E-state index in [0.29, 0.717) is 17.1 Å². The first-order chi connectivity index (χ1) is 9.18. The molecule has 1 N–H and O–H groups in total. The van der Waals surface area contributed by atoms with E-state index in [1.165, 1.54) is 0 Å². The Morgan fingerprint density at radius 2 is 1.74 bits per heavy atom. The number of aromatic nitrogens is 1. The van der Waals surface area contributed by atoms with Gasteiger partial charge in [0.1, 0.15) is 5.76 Å². The van der Waals surface area contributed by atoms with E-state index in [9.17, 15) is 4.79 Å². The summed E-state index contributed by atoms with van der Waals surface area (Å²) in [5.41, 5.74) is 2.97. The normalized spacial score (nSPS) is 10.8. The Kier molecular flexibility index (Phi) is 2.63. The molecule has 0 aliphatic carbocycles. The number of furan rings is 2. The van der Waals surface area contributed by atoms with Crippen molar-refractivity contribution in [1.82, 2.24) is 4.98 Å². The van der Waals surface area contributed by atoms with Gasteiger partial charge in [-0.1, -0.05) is 0 Å². The minimum atomic E-state index is -0.00189. The largest absolute Gasteiger partial charge is 0.464 e. The van der Waals surface area contributed by atoms with Gasteiger partial charge in [0.2, 0.25) is 0 Å². The molecular weight excluding hydrogens is 242 g/mol. The van der Waals surface area contributed by atoms with Crippen molar-refractivity contribution in [3.63, 3.8) is 0 Å². The third-order valence-electron chi connectivity index (χ3n) is 3.07. The van der Waals surface area contributed by atoms with Crippen LogP contribution in [0, 0.1) is 6.92 Å². The maximum Gasteiger partial charge on any atom is 0.162 e. The summed E-state index contributed by atoms with van der Waals surface area (Å²) in [6.07, 6.45) is 3.19. The van der Waals surface area contributed by atoms with Gasteiger partial charge in [-0.25, -0.2) is 0 Å². The number of aromatic amines is 1. The Balaban J connectivity index is 2.32. The summed E-state index contributed by atoms with van der Waals surface area (Å²) in [6, 6.07) is 7.29. The first-order valence-electron chi connectivity index (χ1n) is 5.99. The molecule has 0 saturated carbocycles. The van der Waals surface area contributed by atoms with Gasteiger partial charge < -0.3 is 13.8 Å². The third-order valence-corrected chi connectivity index (χ3v) is 3.07. The molecule has 3 rings (SSSR count). The van der Waals surface area contributed by atoms with E-state index in [1.807, 2.05) is 25.1 Å². The molecule has 3 aromatic heterocycles. The number of Topliss-reactive ketones (excluding diaryl/α,β-unsaturated/α-hetero) is 1. The summed E-state index contributed by atoms with van der Waals surface area (Å²) in [6.45, 7) is 3.42. The molecule has 96 valence electrons.